The smallest absolute Gasteiger partial charge is 0.239 e. The van der Waals surface area contributed by atoms with Crippen molar-refractivity contribution >= 4 is 36.1 Å². The first-order valence-electron chi connectivity index (χ1n) is 6.36. The molecule has 1 unspecified atom stereocenters. The lowest BCUT2D eigenvalue weighted by Crippen LogP contribution is -2.31. The SMILES string of the molecule is CC(S)CCSCCNC(=O)CNc1ccccn1. The summed E-state index contributed by atoms with van der Waals surface area (Å²) in [6.45, 7) is 3.05. The summed E-state index contributed by atoms with van der Waals surface area (Å²) in [7, 11) is 0. The van der Waals surface area contributed by atoms with Crippen LogP contribution in [0.15, 0.2) is 24.4 Å². The summed E-state index contributed by atoms with van der Waals surface area (Å²) < 4.78 is 0. The molecule has 1 amide bonds. The van der Waals surface area contributed by atoms with E-state index in [0.29, 0.717) is 11.8 Å². The van der Waals surface area contributed by atoms with Crippen LogP contribution in [0.25, 0.3) is 0 Å². The molecule has 1 aromatic rings. The zero-order chi connectivity index (χ0) is 13.9. The third kappa shape index (κ3) is 8.77. The molecule has 0 fully saturated rings. The summed E-state index contributed by atoms with van der Waals surface area (Å²) in [6.07, 6.45) is 2.79. The van der Waals surface area contributed by atoms with Crippen LogP contribution in [0, 0.1) is 0 Å². The highest BCUT2D eigenvalue weighted by molar-refractivity contribution is 7.99. The van der Waals surface area contributed by atoms with Crippen molar-refractivity contribution in [1.82, 2.24) is 10.3 Å². The van der Waals surface area contributed by atoms with Gasteiger partial charge in [-0.15, -0.1) is 0 Å². The van der Waals surface area contributed by atoms with Crippen molar-refractivity contribution in [1.29, 1.82) is 0 Å². The molecule has 106 valence electrons. The first-order valence-corrected chi connectivity index (χ1v) is 8.03. The van der Waals surface area contributed by atoms with Crippen LogP contribution in [-0.2, 0) is 4.79 Å². The van der Waals surface area contributed by atoms with E-state index in [-0.39, 0.29) is 12.5 Å². The molecule has 1 rings (SSSR count). The van der Waals surface area contributed by atoms with Gasteiger partial charge in [0.05, 0.1) is 6.54 Å². The Hall–Kier alpha value is -0.880. The number of hydrogen-bond acceptors (Lipinski definition) is 5. The van der Waals surface area contributed by atoms with Crippen LogP contribution < -0.4 is 10.6 Å². The summed E-state index contributed by atoms with van der Waals surface area (Å²) in [4.78, 5) is 15.6. The van der Waals surface area contributed by atoms with Gasteiger partial charge in [-0.1, -0.05) is 13.0 Å². The van der Waals surface area contributed by atoms with Gasteiger partial charge in [-0.3, -0.25) is 4.79 Å². The van der Waals surface area contributed by atoms with Crippen molar-refractivity contribution in [2.24, 2.45) is 0 Å². The van der Waals surface area contributed by atoms with Gasteiger partial charge in [-0.05, 0) is 29.6 Å². The molecule has 4 nitrogen and oxygen atoms in total. The van der Waals surface area contributed by atoms with Gasteiger partial charge in [0.25, 0.3) is 0 Å². The lowest BCUT2D eigenvalue weighted by molar-refractivity contribution is -0.119. The molecule has 6 heteroatoms. The van der Waals surface area contributed by atoms with E-state index in [0.717, 1.165) is 23.7 Å². The quantitative estimate of drug-likeness (QED) is 0.482. The van der Waals surface area contributed by atoms with Gasteiger partial charge in [-0.25, -0.2) is 4.98 Å². The summed E-state index contributed by atoms with van der Waals surface area (Å²) in [5.41, 5.74) is 0. The Kier molecular flexibility index (Phi) is 8.49. The highest BCUT2D eigenvalue weighted by Gasteiger charge is 2.01. The van der Waals surface area contributed by atoms with E-state index >= 15 is 0 Å². The lowest BCUT2D eigenvalue weighted by Gasteiger charge is -2.07. The average Bonchev–Trinajstić information content (AvgIpc) is 2.41. The molecule has 0 aliphatic carbocycles. The maximum atomic E-state index is 11.5. The molecule has 0 bridgehead atoms. The third-order valence-electron chi connectivity index (χ3n) is 2.34. The fourth-order valence-corrected chi connectivity index (χ4v) is 2.59. The van der Waals surface area contributed by atoms with Crippen molar-refractivity contribution in [3.8, 4) is 0 Å². The number of nitrogens with one attached hydrogen (secondary N) is 2. The largest absolute Gasteiger partial charge is 0.361 e. The third-order valence-corrected chi connectivity index (χ3v) is 3.62. The molecule has 0 aliphatic heterocycles. The predicted octanol–water partition coefficient (Wildman–Crippen LogP) is 2.05. The van der Waals surface area contributed by atoms with E-state index in [1.807, 2.05) is 30.0 Å². The first kappa shape index (κ1) is 16.2. The standard InChI is InChI=1S/C13H21N3OS2/c1-11(18)5-8-19-9-7-15-13(17)10-16-12-4-2-3-6-14-12/h2-4,6,11,18H,5,7-10H2,1H3,(H,14,16)(H,15,17). The van der Waals surface area contributed by atoms with Crippen molar-refractivity contribution in [2.75, 3.05) is 29.9 Å². The topological polar surface area (TPSA) is 54.0 Å². The minimum atomic E-state index is -0.00573. The van der Waals surface area contributed by atoms with Gasteiger partial charge in [0, 0.05) is 18.5 Å². The predicted molar refractivity (Wildman–Crippen MR) is 86.1 cm³/mol. The van der Waals surface area contributed by atoms with Gasteiger partial charge in [-0.2, -0.15) is 24.4 Å². The maximum absolute atomic E-state index is 11.5. The van der Waals surface area contributed by atoms with Gasteiger partial charge < -0.3 is 10.6 Å². The van der Waals surface area contributed by atoms with Crippen molar-refractivity contribution in [2.45, 2.75) is 18.6 Å². The first-order chi connectivity index (χ1) is 9.18. The molecule has 1 atom stereocenters. The lowest BCUT2D eigenvalue weighted by atomic mass is 10.4. The highest BCUT2D eigenvalue weighted by atomic mass is 32.2. The van der Waals surface area contributed by atoms with Crippen LogP contribution in [0.1, 0.15) is 13.3 Å². The van der Waals surface area contributed by atoms with Gasteiger partial charge in [0.1, 0.15) is 5.82 Å². The van der Waals surface area contributed by atoms with Crippen molar-refractivity contribution < 1.29 is 4.79 Å². The molecule has 0 aromatic carbocycles. The van der Waals surface area contributed by atoms with Crippen LogP contribution in [0.3, 0.4) is 0 Å². The molecule has 1 aromatic heterocycles. The number of amides is 1. The molecule has 19 heavy (non-hydrogen) atoms. The number of carbonyl (C=O) groups is 1. The Morgan fingerprint density at radius 1 is 1.47 bits per heavy atom. The number of carbonyl (C=O) groups excluding carboxylic acids is 1. The molecular formula is C13H21N3OS2. The number of aromatic nitrogens is 1. The van der Waals surface area contributed by atoms with Crippen LogP contribution in [0.5, 0.6) is 0 Å². The van der Waals surface area contributed by atoms with Gasteiger partial charge in [0.2, 0.25) is 5.91 Å². The number of thioether (sulfide) groups is 1. The van der Waals surface area contributed by atoms with Crippen LogP contribution in [0.4, 0.5) is 5.82 Å². The summed E-state index contributed by atoms with van der Waals surface area (Å²) in [5, 5.41) is 6.29. The summed E-state index contributed by atoms with van der Waals surface area (Å²) in [5.74, 6) is 2.74. The Morgan fingerprint density at radius 3 is 3.00 bits per heavy atom. The Labute approximate surface area is 124 Å². The molecule has 1 heterocycles. The number of anilines is 1. The summed E-state index contributed by atoms with van der Waals surface area (Å²) in [6, 6.07) is 5.56. The molecular weight excluding hydrogens is 278 g/mol. The molecule has 0 aliphatic rings. The molecule has 0 saturated carbocycles. The second kappa shape index (κ2) is 9.97. The fraction of sp³-hybridized carbons (Fsp3) is 0.538. The Bertz CT molecular complexity index is 360. The summed E-state index contributed by atoms with van der Waals surface area (Å²) >= 11 is 6.16. The van der Waals surface area contributed by atoms with Crippen LogP contribution >= 0.6 is 24.4 Å². The zero-order valence-electron chi connectivity index (χ0n) is 11.1. The van der Waals surface area contributed by atoms with E-state index in [2.05, 4.69) is 35.2 Å². The number of rotatable bonds is 9. The van der Waals surface area contributed by atoms with E-state index < -0.39 is 0 Å². The Balaban J connectivity index is 1.99. The monoisotopic (exact) mass is 299 g/mol. The van der Waals surface area contributed by atoms with E-state index in [4.69, 9.17) is 0 Å². The zero-order valence-corrected chi connectivity index (χ0v) is 12.8. The molecule has 0 spiro atoms. The van der Waals surface area contributed by atoms with Crippen molar-refractivity contribution in [3.05, 3.63) is 24.4 Å². The number of thiol groups is 1. The maximum Gasteiger partial charge on any atom is 0.239 e. The number of nitrogens with zero attached hydrogens (tertiary/aromatic N) is 1. The average molecular weight is 299 g/mol. The van der Waals surface area contributed by atoms with Crippen LogP contribution in [-0.4, -0.2) is 40.7 Å². The van der Waals surface area contributed by atoms with Crippen LogP contribution in [0.2, 0.25) is 0 Å². The number of hydrogen-bond donors (Lipinski definition) is 3. The van der Waals surface area contributed by atoms with E-state index in [9.17, 15) is 4.79 Å². The van der Waals surface area contributed by atoms with E-state index in [1.165, 1.54) is 0 Å². The normalized spacial score (nSPS) is 11.9. The fourth-order valence-electron chi connectivity index (χ4n) is 1.32. The molecule has 0 radical (unpaired) electrons. The van der Waals surface area contributed by atoms with Gasteiger partial charge >= 0.3 is 0 Å². The Morgan fingerprint density at radius 2 is 2.32 bits per heavy atom. The van der Waals surface area contributed by atoms with E-state index in [1.54, 1.807) is 6.20 Å². The highest BCUT2D eigenvalue weighted by Crippen LogP contribution is 2.07. The molecule has 0 saturated heterocycles. The van der Waals surface area contributed by atoms with Crippen molar-refractivity contribution in [3.63, 3.8) is 0 Å². The molecule has 2 N–H and O–H groups in total. The second-order valence-corrected chi connectivity index (χ2v) is 6.27. The minimum Gasteiger partial charge on any atom is -0.361 e. The minimum absolute atomic E-state index is 0.00573. The number of pyridine rings is 1. The second-order valence-electron chi connectivity index (χ2n) is 4.17. The van der Waals surface area contributed by atoms with Gasteiger partial charge in [0.15, 0.2) is 0 Å².